The number of amides is 1. The number of nitrogens with one attached hydrogen (secondary N) is 1. The number of aromatic nitrogens is 1. The van der Waals surface area contributed by atoms with E-state index >= 15 is 0 Å². The lowest BCUT2D eigenvalue weighted by Gasteiger charge is -2.21. The summed E-state index contributed by atoms with van der Waals surface area (Å²) < 4.78 is 0. The Morgan fingerprint density at radius 2 is 2.24 bits per heavy atom. The van der Waals surface area contributed by atoms with E-state index in [4.69, 9.17) is 5.11 Å². The molecule has 110 valence electrons. The molecular weight excluding hydrogens is 268 g/mol. The lowest BCUT2D eigenvalue weighted by Crippen LogP contribution is -2.41. The van der Waals surface area contributed by atoms with Crippen LogP contribution >= 0.6 is 0 Å². The van der Waals surface area contributed by atoms with Gasteiger partial charge in [0.2, 0.25) is 5.91 Å². The van der Waals surface area contributed by atoms with Gasteiger partial charge >= 0.3 is 5.97 Å². The number of carboxylic acid groups (broad SMARTS) is 1. The number of aromatic amines is 1. The molecule has 5 heteroatoms. The van der Waals surface area contributed by atoms with Crippen LogP contribution in [0.3, 0.4) is 0 Å². The Bertz CT molecular complexity index is 705. The highest BCUT2D eigenvalue weighted by Gasteiger charge is 2.33. The second-order valence-electron chi connectivity index (χ2n) is 5.57. The molecule has 5 nitrogen and oxygen atoms in total. The van der Waals surface area contributed by atoms with Crippen LogP contribution in [0.25, 0.3) is 10.9 Å². The smallest absolute Gasteiger partial charge is 0.326 e. The first kappa shape index (κ1) is 13.7. The highest BCUT2D eigenvalue weighted by atomic mass is 16.4. The molecule has 2 aromatic rings. The van der Waals surface area contributed by atoms with E-state index in [1.807, 2.05) is 31.3 Å². The number of benzene rings is 1. The van der Waals surface area contributed by atoms with Crippen molar-refractivity contribution in [1.29, 1.82) is 0 Å². The lowest BCUT2D eigenvalue weighted by molar-refractivity contribution is -0.147. The summed E-state index contributed by atoms with van der Waals surface area (Å²) in [6, 6.07) is 5.31. The van der Waals surface area contributed by atoms with E-state index < -0.39 is 12.0 Å². The van der Waals surface area contributed by atoms with E-state index in [9.17, 15) is 9.59 Å². The largest absolute Gasteiger partial charge is 0.480 e. The van der Waals surface area contributed by atoms with Crippen molar-refractivity contribution < 1.29 is 14.7 Å². The minimum absolute atomic E-state index is 0.109. The number of H-pyrrole nitrogens is 1. The normalized spacial score (nSPS) is 18.3. The summed E-state index contributed by atoms with van der Waals surface area (Å²) in [4.78, 5) is 28.3. The molecular formula is C16H18N2O3. The van der Waals surface area contributed by atoms with E-state index in [0.29, 0.717) is 13.0 Å². The summed E-state index contributed by atoms with van der Waals surface area (Å²) >= 11 is 0. The van der Waals surface area contributed by atoms with Gasteiger partial charge in [-0.25, -0.2) is 4.79 Å². The summed E-state index contributed by atoms with van der Waals surface area (Å²) in [5.41, 5.74) is 3.10. The molecule has 2 N–H and O–H groups in total. The standard InChI is InChI=1S/C16H18N2O3/c1-10-4-2-5-12-11(9-17-15(10)12)8-14(19)18-7-3-6-13(18)16(20)21/h2,4-5,9,13,17H,3,6-8H2,1H3,(H,20,21)/t13-/m1/s1. The Labute approximate surface area is 122 Å². The van der Waals surface area contributed by atoms with E-state index in [1.54, 1.807) is 0 Å². The Balaban J connectivity index is 1.84. The van der Waals surface area contributed by atoms with E-state index in [-0.39, 0.29) is 12.3 Å². The molecule has 1 amide bonds. The molecule has 1 saturated heterocycles. The Morgan fingerprint density at radius 3 is 3.00 bits per heavy atom. The van der Waals surface area contributed by atoms with E-state index in [1.165, 1.54) is 4.90 Å². The van der Waals surface area contributed by atoms with Crippen molar-refractivity contribution >= 4 is 22.8 Å². The Hall–Kier alpha value is -2.30. The Morgan fingerprint density at radius 1 is 1.43 bits per heavy atom. The third kappa shape index (κ3) is 2.39. The minimum atomic E-state index is -0.907. The van der Waals surface area contributed by atoms with Crippen LogP contribution in [-0.2, 0) is 16.0 Å². The van der Waals surface area contributed by atoms with Gasteiger partial charge in [0.1, 0.15) is 6.04 Å². The van der Waals surface area contributed by atoms with Crippen molar-refractivity contribution in [2.75, 3.05) is 6.54 Å². The number of carbonyl (C=O) groups excluding carboxylic acids is 1. The van der Waals surface area contributed by atoms with Gasteiger partial charge in [0.05, 0.1) is 6.42 Å². The zero-order valence-corrected chi connectivity index (χ0v) is 11.9. The van der Waals surface area contributed by atoms with Crippen molar-refractivity contribution in [3.8, 4) is 0 Å². The van der Waals surface area contributed by atoms with Crippen molar-refractivity contribution in [2.45, 2.75) is 32.2 Å². The van der Waals surface area contributed by atoms with Crippen LogP contribution in [0, 0.1) is 6.92 Å². The molecule has 0 saturated carbocycles. The molecule has 1 aliphatic rings. The number of para-hydroxylation sites is 1. The van der Waals surface area contributed by atoms with Gasteiger partial charge in [-0.05, 0) is 30.9 Å². The van der Waals surface area contributed by atoms with Crippen molar-refractivity contribution in [2.24, 2.45) is 0 Å². The number of hydrogen-bond acceptors (Lipinski definition) is 2. The first-order valence-electron chi connectivity index (χ1n) is 7.16. The molecule has 0 unspecified atom stereocenters. The molecule has 1 aromatic carbocycles. The number of carboxylic acids is 1. The van der Waals surface area contributed by atoms with Gasteiger partial charge in [-0.3, -0.25) is 4.79 Å². The fourth-order valence-electron chi connectivity index (χ4n) is 3.10. The number of likely N-dealkylation sites (tertiary alicyclic amines) is 1. The summed E-state index contributed by atoms with van der Waals surface area (Å²) in [6.07, 6.45) is 3.40. The zero-order valence-electron chi connectivity index (χ0n) is 11.9. The van der Waals surface area contributed by atoms with Gasteiger partial charge in [0.25, 0.3) is 0 Å². The molecule has 0 bridgehead atoms. The molecule has 0 aliphatic carbocycles. The molecule has 21 heavy (non-hydrogen) atoms. The number of aliphatic carboxylic acids is 1. The maximum absolute atomic E-state index is 12.4. The van der Waals surface area contributed by atoms with Crippen LogP contribution in [0.4, 0.5) is 0 Å². The van der Waals surface area contributed by atoms with Crippen molar-refractivity contribution in [3.63, 3.8) is 0 Å². The van der Waals surface area contributed by atoms with Crippen LogP contribution < -0.4 is 0 Å². The van der Waals surface area contributed by atoms with Gasteiger partial charge < -0.3 is 15.0 Å². The highest BCUT2D eigenvalue weighted by molar-refractivity contribution is 5.92. The van der Waals surface area contributed by atoms with Crippen LogP contribution in [0.5, 0.6) is 0 Å². The SMILES string of the molecule is Cc1cccc2c(CC(=O)N3CCC[C@@H]3C(=O)O)c[nH]c12. The van der Waals surface area contributed by atoms with Gasteiger partial charge in [0, 0.05) is 23.6 Å². The van der Waals surface area contributed by atoms with E-state index in [0.717, 1.165) is 28.5 Å². The average Bonchev–Trinajstić information content (AvgIpc) is 3.06. The number of aryl methyl sites for hydroxylation is 1. The maximum Gasteiger partial charge on any atom is 0.326 e. The number of carbonyl (C=O) groups is 2. The molecule has 2 heterocycles. The third-order valence-corrected chi connectivity index (χ3v) is 4.21. The van der Waals surface area contributed by atoms with Gasteiger partial charge in [-0.15, -0.1) is 0 Å². The molecule has 0 radical (unpaired) electrons. The maximum atomic E-state index is 12.4. The van der Waals surface area contributed by atoms with Gasteiger partial charge in [-0.2, -0.15) is 0 Å². The number of fused-ring (bicyclic) bond motifs is 1. The molecule has 1 aliphatic heterocycles. The second kappa shape index (κ2) is 5.24. The molecule has 1 fully saturated rings. The zero-order chi connectivity index (χ0) is 15.0. The number of hydrogen-bond donors (Lipinski definition) is 2. The quantitative estimate of drug-likeness (QED) is 0.907. The predicted molar refractivity (Wildman–Crippen MR) is 79.1 cm³/mol. The van der Waals surface area contributed by atoms with Gasteiger partial charge in [0.15, 0.2) is 0 Å². The first-order valence-corrected chi connectivity index (χ1v) is 7.16. The first-order chi connectivity index (χ1) is 10.1. The molecule has 3 rings (SSSR count). The minimum Gasteiger partial charge on any atom is -0.480 e. The van der Waals surface area contributed by atoms with Crippen molar-refractivity contribution in [3.05, 3.63) is 35.5 Å². The Kier molecular flexibility index (Phi) is 3.41. The second-order valence-corrected chi connectivity index (χ2v) is 5.57. The fourth-order valence-corrected chi connectivity index (χ4v) is 3.10. The molecule has 1 atom stereocenters. The summed E-state index contributed by atoms with van der Waals surface area (Å²) in [7, 11) is 0. The molecule has 1 aromatic heterocycles. The summed E-state index contributed by atoms with van der Waals surface area (Å²) in [5.74, 6) is -1.02. The predicted octanol–water partition coefficient (Wildman–Crippen LogP) is 2.09. The van der Waals surface area contributed by atoms with Crippen LogP contribution in [0.15, 0.2) is 24.4 Å². The van der Waals surface area contributed by atoms with Gasteiger partial charge in [-0.1, -0.05) is 18.2 Å². The fraction of sp³-hybridized carbons (Fsp3) is 0.375. The lowest BCUT2D eigenvalue weighted by atomic mass is 10.1. The summed E-state index contributed by atoms with van der Waals surface area (Å²) in [5, 5.41) is 10.2. The van der Waals surface area contributed by atoms with Crippen LogP contribution in [0.1, 0.15) is 24.0 Å². The highest BCUT2D eigenvalue weighted by Crippen LogP contribution is 2.24. The monoisotopic (exact) mass is 286 g/mol. The van der Waals surface area contributed by atoms with Crippen LogP contribution in [0.2, 0.25) is 0 Å². The topological polar surface area (TPSA) is 73.4 Å². The number of rotatable bonds is 3. The summed E-state index contributed by atoms with van der Waals surface area (Å²) in [6.45, 7) is 2.56. The van der Waals surface area contributed by atoms with E-state index in [2.05, 4.69) is 4.98 Å². The third-order valence-electron chi connectivity index (χ3n) is 4.21. The molecule has 0 spiro atoms. The van der Waals surface area contributed by atoms with Crippen molar-refractivity contribution in [1.82, 2.24) is 9.88 Å². The number of nitrogens with zero attached hydrogens (tertiary/aromatic N) is 1. The average molecular weight is 286 g/mol. The van der Waals surface area contributed by atoms with Crippen LogP contribution in [-0.4, -0.2) is 39.5 Å².